The number of aromatic carboxylic acids is 2. The second-order valence-electron chi connectivity index (χ2n) is 3.77. The molecule has 7 nitrogen and oxygen atoms in total. The average Bonchev–Trinajstić information content (AvgIpc) is 2.30. The molecule has 0 aromatic carbocycles. The first kappa shape index (κ1) is 13.9. The molecule has 1 aromatic rings. The zero-order valence-electron chi connectivity index (χ0n) is 9.92. The highest BCUT2D eigenvalue weighted by molar-refractivity contribution is 6.00. The van der Waals surface area contributed by atoms with Gasteiger partial charge >= 0.3 is 17.6 Å². The maximum Gasteiger partial charge on any atom is 0.353 e. The number of unbranched alkanes of at least 4 members (excludes halogenated alkanes) is 2. The molecule has 0 aliphatic rings. The van der Waals surface area contributed by atoms with Gasteiger partial charge in [0.05, 0.1) is 0 Å². The van der Waals surface area contributed by atoms with Crippen molar-refractivity contribution < 1.29 is 19.8 Å². The summed E-state index contributed by atoms with van der Waals surface area (Å²) in [6.45, 7) is 2.12. The monoisotopic (exact) mass is 254 g/mol. The van der Waals surface area contributed by atoms with Gasteiger partial charge in [0, 0.05) is 12.7 Å². The lowest BCUT2D eigenvalue weighted by atomic mass is 10.2. The van der Waals surface area contributed by atoms with E-state index in [9.17, 15) is 14.4 Å². The zero-order valence-corrected chi connectivity index (χ0v) is 9.92. The Morgan fingerprint density at radius 2 is 1.94 bits per heavy atom. The van der Waals surface area contributed by atoms with Crippen LogP contribution in [0.4, 0.5) is 0 Å². The number of aromatic nitrogens is 2. The summed E-state index contributed by atoms with van der Waals surface area (Å²) >= 11 is 0. The van der Waals surface area contributed by atoms with Crippen LogP contribution in [0.3, 0.4) is 0 Å². The molecule has 0 saturated carbocycles. The third-order valence-electron chi connectivity index (χ3n) is 2.48. The van der Waals surface area contributed by atoms with Crippen molar-refractivity contribution in [2.75, 3.05) is 0 Å². The fourth-order valence-corrected chi connectivity index (χ4v) is 1.61. The van der Waals surface area contributed by atoms with E-state index in [1.165, 1.54) is 0 Å². The van der Waals surface area contributed by atoms with E-state index in [2.05, 4.69) is 4.98 Å². The molecule has 2 N–H and O–H groups in total. The van der Waals surface area contributed by atoms with Crippen LogP contribution in [0.15, 0.2) is 11.0 Å². The van der Waals surface area contributed by atoms with Crippen LogP contribution in [0.5, 0.6) is 0 Å². The molecule has 1 rings (SSSR count). The quantitative estimate of drug-likeness (QED) is 0.727. The van der Waals surface area contributed by atoms with Gasteiger partial charge in [-0.3, -0.25) is 4.57 Å². The van der Waals surface area contributed by atoms with Gasteiger partial charge in [-0.25, -0.2) is 19.4 Å². The molecule has 0 aliphatic carbocycles. The maximum absolute atomic E-state index is 11.5. The number of nitrogens with zero attached hydrogens (tertiary/aromatic N) is 2. The maximum atomic E-state index is 11.5. The number of carboxylic acids is 2. The van der Waals surface area contributed by atoms with Gasteiger partial charge in [0.2, 0.25) is 0 Å². The third-order valence-corrected chi connectivity index (χ3v) is 2.48. The summed E-state index contributed by atoms with van der Waals surface area (Å²) in [6.07, 6.45) is 3.11. The van der Waals surface area contributed by atoms with Crippen molar-refractivity contribution in [3.8, 4) is 0 Å². The molecule has 7 heteroatoms. The Balaban J connectivity index is 3.28. The number of hydrogen-bond donors (Lipinski definition) is 2. The van der Waals surface area contributed by atoms with E-state index in [1.807, 2.05) is 6.92 Å². The van der Waals surface area contributed by atoms with Gasteiger partial charge in [-0.05, 0) is 6.42 Å². The molecule has 0 atom stereocenters. The topological polar surface area (TPSA) is 109 Å². The first-order valence-corrected chi connectivity index (χ1v) is 5.55. The van der Waals surface area contributed by atoms with Crippen molar-refractivity contribution in [1.82, 2.24) is 9.55 Å². The summed E-state index contributed by atoms with van der Waals surface area (Å²) in [7, 11) is 0. The van der Waals surface area contributed by atoms with E-state index in [-0.39, 0.29) is 6.54 Å². The lowest BCUT2D eigenvalue weighted by molar-refractivity contribution is 0.0638. The van der Waals surface area contributed by atoms with Gasteiger partial charge < -0.3 is 10.2 Å². The van der Waals surface area contributed by atoms with E-state index in [4.69, 9.17) is 10.2 Å². The molecule has 0 aliphatic heterocycles. The molecular formula is C11H14N2O5. The van der Waals surface area contributed by atoms with E-state index in [1.54, 1.807) is 0 Å². The van der Waals surface area contributed by atoms with E-state index >= 15 is 0 Å². The van der Waals surface area contributed by atoms with Gasteiger partial charge in [0.1, 0.15) is 11.3 Å². The predicted octanol–water partition coefficient (Wildman–Crippen LogP) is 0.830. The van der Waals surface area contributed by atoms with Crippen LogP contribution >= 0.6 is 0 Å². The van der Waals surface area contributed by atoms with Crippen molar-refractivity contribution in [2.24, 2.45) is 0 Å². The fraction of sp³-hybridized carbons (Fsp3) is 0.455. The van der Waals surface area contributed by atoms with Crippen LogP contribution in [-0.2, 0) is 6.54 Å². The van der Waals surface area contributed by atoms with Crippen molar-refractivity contribution in [2.45, 2.75) is 32.7 Å². The van der Waals surface area contributed by atoms with Crippen LogP contribution in [-0.4, -0.2) is 31.7 Å². The van der Waals surface area contributed by atoms with Crippen LogP contribution < -0.4 is 5.69 Å². The largest absolute Gasteiger partial charge is 0.478 e. The summed E-state index contributed by atoms with van der Waals surface area (Å²) in [5.41, 5.74) is -1.73. The molecule has 0 saturated heterocycles. The molecule has 0 unspecified atom stereocenters. The Morgan fingerprint density at radius 1 is 1.28 bits per heavy atom. The van der Waals surface area contributed by atoms with Gasteiger partial charge in [0.15, 0.2) is 0 Å². The summed E-state index contributed by atoms with van der Waals surface area (Å²) in [5.74, 6) is -2.85. The Hall–Kier alpha value is -2.18. The molecule has 0 amide bonds. The summed E-state index contributed by atoms with van der Waals surface area (Å²) in [4.78, 5) is 36.9. The minimum Gasteiger partial charge on any atom is -0.478 e. The van der Waals surface area contributed by atoms with Gasteiger partial charge in [-0.15, -0.1) is 0 Å². The summed E-state index contributed by atoms with van der Waals surface area (Å²) in [5, 5.41) is 17.9. The normalized spacial score (nSPS) is 10.3. The minimum atomic E-state index is -1.44. The van der Waals surface area contributed by atoms with Crippen molar-refractivity contribution >= 4 is 11.9 Å². The molecule has 0 fully saturated rings. The first-order chi connectivity index (χ1) is 8.49. The van der Waals surface area contributed by atoms with Gasteiger partial charge in [-0.2, -0.15) is 0 Å². The molecule has 0 spiro atoms. The zero-order chi connectivity index (χ0) is 13.7. The number of hydrogen-bond acceptors (Lipinski definition) is 4. The molecule has 98 valence electrons. The summed E-state index contributed by atoms with van der Waals surface area (Å²) in [6, 6.07) is 0. The van der Waals surface area contributed by atoms with E-state index in [0.29, 0.717) is 6.42 Å². The van der Waals surface area contributed by atoms with Crippen LogP contribution in [0, 0.1) is 0 Å². The SMILES string of the molecule is CCCCCn1c(C(=O)O)c(C(=O)O)cnc1=O. The average molecular weight is 254 g/mol. The second kappa shape index (κ2) is 5.95. The molecule has 1 heterocycles. The lowest BCUT2D eigenvalue weighted by Crippen LogP contribution is -2.31. The van der Waals surface area contributed by atoms with Crippen molar-refractivity contribution in [1.29, 1.82) is 0 Å². The Morgan fingerprint density at radius 3 is 2.44 bits per heavy atom. The third kappa shape index (κ3) is 2.93. The molecule has 1 aromatic heterocycles. The predicted molar refractivity (Wildman–Crippen MR) is 61.9 cm³/mol. The standard InChI is InChI=1S/C11H14N2O5/c1-2-3-4-5-13-8(10(16)17)7(9(14)15)6-12-11(13)18/h6H,2-5H2,1H3,(H,14,15)(H,16,17). The molecular weight excluding hydrogens is 240 g/mol. The smallest absolute Gasteiger partial charge is 0.353 e. The molecule has 18 heavy (non-hydrogen) atoms. The Bertz CT molecular complexity index is 521. The van der Waals surface area contributed by atoms with Crippen LogP contribution in [0.25, 0.3) is 0 Å². The fourth-order valence-electron chi connectivity index (χ4n) is 1.61. The van der Waals surface area contributed by atoms with E-state index in [0.717, 1.165) is 23.6 Å². The Kier molecular flexibility index (Phi) is 4.59. The van der Waals surface area contributed by atoms with Gasteiger partial charge in [0.25, 0.3) is 0 Å². The van der Waals surface area contributed by atoms with Crippen molar-refractivity contribution in [3.63, 3.8) is 0 Å². The van der Waals surface area contributed by atoms with Crippen LogP contribution in [0.1, 0.15) is 47.0 Å². The van der Waals surface area contributed by atoms with E-state index < -0.39 is 28.9 Å². The number of carbonyl (C=O) groups is 2. The highest BCUT2D eigenvalue weighted by Gasteiger charge is 2.21. The highest BCUT2D eigenvalue weighted by Crippen LogP contribution is 2.07. The minimum absolute atomic E-state index is 0.155. The van der Waals surface area contributed by atoms with Gasteiger partial charge in [-0.1, -0.05) is 19.8 Å². The molecule has 0 radical (unpaired) electrons. The van der Waals surface area contributed by atoms with Crippen molar-refractivity contribution in [3.05, 3.63) is 27.9 Å². The molecule has 0 bridgehead atoms. The van der Waals surface area contributed by atoms with Crippen LogP contribution in [0.2, 0.25) is 0 Å². The number of carboxylic acid groups (broad SMARTS) is 2. The number of rotatable bonds is 6. The highest BCUT2D eigenvalue weighted by atomic mass is 16.4. The first-order valence-electron chi connectivity index (χ1n) is 5.55. The Labute approximate surface area is 103 Å². The summed E-state index contributed by atoms with van der Waals surface area (Å²) < 4.78 is 0.904. The lowest BCUT2D eigenvalue weighted by Gasteiger charge is -2.10. The second-order valence-corrected chi connectivity index (χ2v) is 3.77.